The molecule has 3 aromatic rings. The van der Waals surface area contributed by atoms with Crippen molar-refractivity contribution in [1.29, 1.82) is 0 Å². The number of para-hydroxylation sites is 1. The Hall–Kier alpha value is -2.72. The van der Waals surface area contributed by atoms with Crippen LogP contribution >= 0.6 is 0 Å². The first-order valence-electron chi connectivity index (χ1n) is 8.54. The molecule has 0 aliphatic rings. The van der Waals surface area contributed by atoms with E-state index in [0.29, 0.717) is 13.1 Å². The second kappa shape index (κ2) is 8.40. The van der Waals surface area contributed by atoms with Crippen LogP contribution in [-0.2, 0) is 17.8 Å². The number of pyridine rings is 1. The number of likely N-dealkylation sites (N-methyl/N-ethyl adjacent to an activating group) is 1. The molecule has 4 nitrogen and oxygen atoms in total. The van der Waals surface area contributed by atoms with Crippen molar-refractivity contribution in [2.24, 2.45) is 0 Å². The third-order valence-electron chi connectivity index (χ3n) is 4.14. The quantitative estimate of drug-likeness (QED) is 0.723. The minimum Gasteiger partial charge on any atom is -0.355 e. The molecule has 0 saturated carbocycles. The molecule has 4 heteroatoms. The van der Waals surface area contributed by atoms with Crippen molar-refractivity contribution in [2.75, 3.05) is 20.1 Å². The monoisotopic (exact) mass is 333 g/mol. The van der Waals surface area contributed by atoms with E-state index >= 15 is 0 Å². The summed E-state index contributed by atoms with van der Waals surface area (Å²) in [6.07, 6.45) is 2.59. The maximum absolute atomic E-state index is 12.1. The van der Waals surface area contributed by atoms with Crippen molar-refractivity contribution in [3.63, 3.8) is 0 Å². The summed E-state index contributed by atoms with van der Waals surface area (Å²) in [5.74, 6) is 0.0478. The average Bonchev–Trinajstić information content (AvgIpc) is 2.62. The number of amides is 1. The molecule has 0 aliphatic carbocycles. The number of benzene rings is 2. The van der Waals surface area contributed by atoms with E-state index in [1.807, 2.05) is 48.5 Å². The molecular weight excluding hydrogens is 310 g/mol. The molecule has 0 spiro atoms. The van der Waals surface area contributed by atoms with Crippen LogP contribution in [0.2, 0.25) is 0 Å². The fourth-order valence-corrected chi connectivity index (χ4v) is 2.96. The largest absolute Gasteiger partial charge is 0.355 e. The Labute approximate surface area is 148 Å². The van der Waals surface area contributed by atoms with Crippen LogP contribution in [0, 0.1) is 0 Å². The zero-order chi connectivity index (χ0) is 17.5. The fraction of sp³-hybridized carbons (Fsp3) is 0.238. The van der Waals surface area contributed by atoms with Crippen LogP contribution in [0.15, 0.2) is 66.9 Å². The molecule has 2 aromatic carbocycles. The van der Waals surface area contributed by atoms with Gasteiger partial charge in [-0.05, 0) is 30.7 Å². The standard InChI is InChI=1S/C21H23N3O/c1-24(15-17-7-3-2-4-8-17)16-20(25)22-14-12-19-10-5-9-18-11-6-13-23-21(18)19/h2-11,13H,12,14-16H2,1H3,(H,22,25). The second-order valence-electron chi connectivity index (χ2n) is 6.25. The Morgan fingerprint density at radius 1 is 1.04 bits per heavy atom. The summed E-state index contributed by atoms with van der Waals surface area (Å²) in [5.41, 5.74) is 3.39. The van der Waals surface area contributed by atoms with Gasteiger partial charge in [0.15, 0.2) is 0 Å². The lowest BCUT2D eigenvalue weighted by molar-refractivity contribution is -0.122. The van der Waals surface area contributed by atoms with Gasteiger partial charge in [0, 0.05) is 24.7 Å². The van der Waals surface area contributed by atoms with Gasteiger partial charge in [-0.25, -0.2) is 0 Å². The predicted octanol–water partition coefficient (Wildman–Crippen LogP) is 3.03. The van der Waals surface area contributed by atoms with E-state index in [4.69, 9.17) is 0 Å². The molecular formula is C21H23N3O. The molecule has 0 aliphatic heterocycles. The van der Waals surface area contributed by atoms with Gasteiger partial charge in [-0.3, -0.25) is 14.7 Å². The topological polar surface area (TPSA) is 45.2 Å². The molecule has 0 saturated heterocycles. The summed E-state index contributed by atoms with van der Waals surface area (Å²) in [5, 5.41) is 4.14. The number of aromatic nitrogens is 1. The third-order valence-corrected chi connectivity index (χ3v) is 4.14. The first kappa shape index (κ1) is 17.1. The highest BCUT2D eigenvalue weighted by Gasteiger charge is 2.07. The Morgan fingerprint density at radius 3 is 2.68 bits per heavy atom. The van der Waals surface area contributed by atoms with Crippen molar-refractivity contribution in [3.05, 3.63) is 78.0 Å². The molecule has 0 bridgehead atoms. The number of nitrogens with zero attached hydrogens (tertiary/aromatic N) is 2. The van der Waals surface area contributed by atoms with Crippen LogP contribution < -0.4 is 5.32 Å². The zero-order valence-electron chi connectivity index (χ0n) is 14.5. The van der Waals surface area contributed by atoms with Crippen LogP contribution in [0.25, 0.3) is 10.9 Å². The van der Waals surface area contributed by atoms with E-state index in [2.05, 4.69) is 40.6 Å². The number of carbonyl (C=O) groups is 1. The number of hydrogen-bond acceptors (Lipinski definition) is 3. The lowest BCUT2D eigenvalue weighted by Gasteiger charge is -2.16. The fourth-order valence-electron chi connectivity index (χ4n) is 2.96. The van der Waals surface area contributed by atoms with Gasteiger partial charge in [-0.15, -0.1) is 0 Å². The molecule has 1 N–H and O–H groups in total. The van der Waals surface area contributed by atoms with E-state index in [1.54, 1.807) is 0 Å². The number of rotatable bonds is 7. The van der Waals surface area contributed by atoms with E-state index < -0.39 is 0 Å². The maximum atomic E-state index is 12.1. The Bertz CT molecular complexity index is 827. The zero-order valence-corrected chi connectivity index (χ0v) is 14.5. The highest BCUT2D eigenvalue weighted by Crippen LogP contribution is 2.15. The molecule has 0 radical (unpaired) electrons. The molecule has 1 amide bonds. The van der Waals surface area contributed by atoms with Crippen molar-refractivity contribution in [1.82, 2.24) is 15.2 Å². The van der Waals surface area contributed by atoms with Gasteiger partial charge in [0.05, 0.1) is 12.1 Å². The maximum Gasteiger partial charge on any atom is 0.234 e. The minimum absolute atomic E-state index is 0.0478. The van der Waals surface area contributed by atoms with Crippen molar-refractivity contribution in [2.45, 2.75) is 13.0 Å². The molecule has 3 rings (SSSR count). The van der Waals surface area contributed by atoms with E-state index in [0.717, 1.165) is 29.4 Å². The predicted molar refractivity (Wildman–Crippen MR) is 101 cm³/mol. The van der Waals surface area contributed by atoms with E-state index in [-0.39, 0.29) is 5.91 Å². The molecule has 1 aromatic heterocycles. The lowest BCUT2D eigenvalue weighted by Crippen LogP contribution is -2.35. The normalized spacial score (nSPS) is 11.0. The number of hydrogen-bond donors (Lipinski definition) is 1. The second-order valence-corrected chi connectivity index (χ2v) is 6.25. The highest BCUT2D eigenvalue weighted by atomic mass is 16.2. The van der Waals surface area contributed by atoms with Crippen molar-refractivity contribution in [3.8, 4) is 0 Å². The van der Waals surface area contributed by atoms with Crippen LogP contribution in [0.5, 0.6) is 0 Å². The summed E-state index contributed by atoms with van der Waals surface area (Å²) >= 11 is 0. The van der Waals surface area contributed by atoms with Gasteiger partial charge < -0.3 is 5.32 Å². The highest BCUT2D eigenvalue weighted by molar-refractivity contribution is 5.81. The smallest absolute Gasteiger partial charge is 0.234 e. The summed E-state index contributed by atoms with van der Waals surface area (Å²) in [6.45, 7) is 1.78. The Kier molecular flexibility index (Phi) is 5.75. The lowest BCUT2D eigenvalue weighted by atomic mass is 10.1. The molecule has 0 fully saturated rings. The van der Waals surface area contributed by atoms with Crippen LogP contribution in [-0.4, -0.2) is 35.9 Å². The summed E-state index contributed by atoms with van der Waals surface area (Å²) in [4.78, 5) is 18.6. The van der Waals surface area contributed by atoms with Crippen LogP contribution in [0.1, 0.15) is 11.1 Å². The first-order chi connectivity index (χ1) is 12.2. The third kappa shape index (κ3) is 4.88. The number of nitrogens with one attached hydrogen (secondary N) is 1. The molecule has 1 heterocycles. The van der Waals surface area contributed by atoms with Crippen molar-refractivity contribution < 1.29 is 4.79 Å². The van der Waals surface area contributed by atoms with Gasteiger partial charge in [-0.1, -0.05) is 54.6 Å². The first-order valence-corrected chi connectivity index (χ1v) is 8.54. The number of fused-ring (bicyclic) bond motifs is 1. The van der Waals surface area contributed by atoms with Crippen molar-refractivity contribution >= 4 is 16.8 Å². The van der Waals surface area contributed by atoms with Gasteiger partial charge in [-0.2, -0.15) is 0 Å². The summed E-state index contributed by atoms with van der Waals surface area (Å²) < 4.78 is 0. The van der Waals surface area contributed by atoms with Gasteiger partial charge in [0.1, 0.15) is 0 Å². The minimum atomic E-state index is 0.0478. The average molecular weight is 333 g/mol. The SMILES string of the molecule is CN(CC(=O)NCCc1cccc2cccnc12)Cc1ccccc1. The van der Waals surface area contributed by atoms with Gasteiger partial charge >= 0.3 is 0 Å². The molecule has 25 heavy (non-hydrogen) atoms. The van der Waals surface area contributed by atoms with Crippen LogP contribution in [0.3, 0.4) is 0 Å². The Morgan fingerprint density at radius 2 is 1.84 bits per heavy atom. The molecule has 128 valence electrons. The summed E-state index contributed by atoms with van der Waals surface area (Å²) in [6, 6.07) is 20.3. The Balaban J connectivity index is 1.47. The van der Waals surface area contributed by atoms with Gasteiger partial charge in [0.2, 0.25) is 5.91 Å². The van der Waals surface area contributed by atoms with Crippen LogP contribution in [0.4, 0.5) is 0 Å². The number of carbonyl (C=O) groups excluding carboxylic acids is 1. The molecule has 0 unspecified atom stereocenters. The van der Waals surface area contributed by atoms with E-state index in [9.17, 15) is 4.79 Å². The summed E-state index contributed by atoms with van der Waals surface area (Å²) in [7, 11) is 1.96. The molecule has 0 atom stereocenters. The van der Waals surface area contributed by atoms with Gasteiger partial charge in [0.25, 0.3) is 0 Å². The van der Waals surface area contributed by atoms with E-state index in [1.165, 1.54) is 5.56 Å².